The minimum Gasteiger partial charge on any atom is -0.478 e. The molecule has 0 bridgehead atoms. The van der Waals surface area contributed by atoms with Crippen LogP contribution >= 0.6 is 0 Å². The molecule has 5 heteroatoms. The second kappa shape index (κ2) is 7.94. The van der Waals surface area contributed by atoms with Crippen LogP contribution in [0, 0.1) is 0 Å². The highest BCUT2D eigenvalue weighted by Gasteiger charge is 2.25. The summed E-state index contributed by atoms with van der Waals surface area (Å²) < 4.78 is 5.82. The second-order valence-corrected chi connectivity index (χ2v) is 6.20. The summed E-state index contributed by atoms with van der Waals surface area (Å²) >= 11 is 0. The fourth-order valence-corrected chi connectivity index (χ4v) is 3.16. The van der Waals surface area contributed by atoms with Crippen LogP contribution in [0.15, 0.2) is 54.6 Å². The zero-order valence-electron chi connectivity index (χ0n) is 13.9. The number of aromatic carboxylic acids is 1. The van der Waals surface area contributed by atoms with Gasteiger partial charge in [-0.05, 0) is 30.0 Å². The van der Waals surface area contributed by atoms with E-state index in [0.29, 0.717) is 12.2 Å². The quantitative estimate of drug-likeness (QED) is 0.878. The molecule has 2 atom stereocenters. The molecular formula is C20H21NO4. The van der Waals surface area contributed by atoms with Crippen LogP contribution in [-0.2, 0) is 16.0 Å². The molecule has 0 radical (unpaired) electrons. The van der Waals surface area contributed by atoms with E-state index in [1.54, 1.807) is 18.2 Å². The van der Waals surface area contributed by atoms with E-state index in [1.807, 2.05) is 30.3 Å². The molecule has 2 aromatic rings. The standard InChI is InChI=1S/C20H21NO4/c22-19(12-15-8-4-5-9-17(15)20(23)24)21-16-10-11-25-18(13-16)14-6-2-1-3-7-14/h1-9,16,18H,10-13H2,(H,21,22)(H,23,24). The maximum Gasteiger partial charge on any atom is 0.335 e. The molecule has 2 aromatic carbocycles. The summed E-state index contributed by atoms with van der Waals surface area (Å²) in [5.74, 6) is -1.17. The molecular weight excluding hydrogens is 318 g/mol. The minimum absolute atomic E-state index is 0.0217. The normalized spacial score (nSPS) is 20.0. The number of carbonyl (C=O) groups excluding carboxylic acids is 1. The van der Waals surface area contributed by atoms with E-state index in [0.717, 1.165) is 18.4 Å². The summed E-state index contributed by atoms with van der Waals surface area (Å²) in [7, 11) is 0. The van der Waals surface area contributed by atoms with Crippen LogP contribution < -0.4 is 5.32 Å². The summed E-state index contributed by atoms with van der Waals surface area (Å²) in [6.07, 6.45) is 1.52. The molecule has 2 N–H and O–H groups in total. The summed E-state index contributed by atoms with van der Waals surface area (Å²) in [5, 5.41) is 12.2. The lowest BCUT2D eigenvalue weighted by Gasteiger charge is -2.30. The summed E-state index contributed by atoms with van der Waals surface area (Å²) in [6.45, 7) is 0.593. The number of hydrogen-bond donors (Lipinski definition) is 2. The molecule has 1 heterocycles. The molecule has 0 aromatic heterocycles. The number of carboxylic acid groups (broad SMARTS) is 1. The third kappa shape index (κ3) is 4.45. The van der Waals surface area contributed by atoms with Gasteiger partial charge in [0.25, 0.3) is 0 Å². The molecule has 1 aliphatic heterocycles. The first kappa shape index (κ1) is 17.2. The van der Waals surface area contributed by atoms with Crippen molar-refractivity contribution >= 4 is 11.9 Å². The van der Waals surface area contributed by atoms with Crippen molar-refractivity contribution in [3.8, 4) is 0 Å². The van der Waals surface area contributed by atoms with Crippen molar-refractivity contribution in [1.82, 2.24) is 5.32 Å². The lowest BCUT2D eigenvalue weighted by molar-refractivity contribution is -0.122. The molecule has 0 aliphatic carbocycles. The first-order valence-corrected chi connectivity index (χ1v) is 8.40. The molecule has 130 valence electrons. The summed E-state index contributed by atoms with van der Waals surface area (Å²) in [6, 6.07) is 16.6. The van der Waals surface area contributed by atoms with Crippen LogP contribution in [0.3, 0.4) is 0 Å². The van der Waals surface area contributed by atoms with Crippen molar-refractivity contribution in [2.75, 3.05) is 6.61 Å². The van der Waals surface area contributed by atoms with Crippen LogP contribution in [-0.4, -0.2) is 29.6 Å². The predicted octanol–water partition coefficient (Wildman–Crippen LogP) is 2.96. The Labute approximate surface area is 146 Å². The number of carbonyl (C=O) groups is 2. The Bertz CT molecular complexity index is 744. The van der Waals surface area contributed by atoms with Crippen LogP contribution in [0.1, 0.15) is 40.4 Å². The molecule has 1 saturated heterocycles. The number of amides is 1. The van der Waals surface area contributed by atoms with Crippen LogP contribution in [0.25, 0.3) is 0 Å². The first-order valence-electron chi connectivity index (χ1n) is 8.40. The second-order valence-electron chi connectivity index (χ2n) is 6.20. The smallest absolute Gasteiger partial charge is 0.335 e. The van der Waals surface area contributed by atoms with Gasteiger partial charge in [0.2, 0.25) is 5.91 Å². The summed E-state index contributed by atoms with van der Waals surface area (Å²) in [4.78, 5) is 23.6. The summed E-state index contributed by atoms with van der Waals surface area (Å²) in [5.41, 5.74) is 1.81. The average molecular weight is 339 g/mol. The van der Waals surface area contributed by atoms with E-state index in [2.05, 4.69) is 5.32 Å². The largest absolute Gasteiger partial charge is 0.478 e. The van der Waals surface area contributed by atoms with Gasteiger partial charge in [0, 0.05) is 12.6 Å². The molecule has 3 rings (SSSR count). The van der Waals surface area contributed by atoms with Crippen molar-refractivity contribution in [3.05, 3.63) is 71.3 Å². The Morgan fingerprint density at radius 2 is 1.80 bits per heavy atom. The van der Waals surface area contributed by atoms with Crippen molar-refractivity contribution in [2.45, 2.75) is 31.4 Å². The van der Waals surface area contributed by atoms with Gasteiger partial charge in [-0.25, -0.2) is 4.79 Å². The molecule has 0 saturated carbocycles. The van der Waals surface area contributed by atoms with E-state index in [4.69, 9.17) is 4.74 Å². The van der Waals surface area contributed by atoms with Gasteiger partial charge < -0.3 is 15.2 Å². The third-order valence-corrected chi connectivity index (χ3v) is 4.42. The molecule has 1 aliphatic rings. The van der Waals surface area contributed by atoms with Gasteiger partial charge in [0.15, 0.2) is 0 Å². The Hall–Kier alpha value is -2.66. The molecule has 5 nitrogen and oxygen atoms in total. The monoisotopic (exact) mass is 339 g/mol. The van der Waals surface area contributed by atoms with E-state index in [1.165, 1.54) is 6.07 Å². The Balaban J connectivity index is 1.61. The number of benzene rings is 2. The fourth-order valence-electron chi connectivity index (χ4n) is 3.16. The lowest BCUT2D eigenvalue weighted by Crippen LogP contribution is -2.40. The first-order chi connectivity index (χ1) is 12.1. The maximum atomic E-state index is 12.4. The highest BCUT2D eigenvalue weighted by molar-refractivity contribution is 5.91. The van der Waals surface area contributed by atoms with E-state index in [-0.39, 0.29) is 30.0 Å². The van der Waals surface area contributed by atoms with Crippen LogP contribution in [0.5, 0.6) is 0 Å². The molecule has 0 spiro atoms. The number of hydrogen-bond acceptors (Lipinski definition) is 3. The van der Waals surface area contributed by atoms with E-state index in [9.17, 15) is 14.7 Å². The number of carboxylic acids is 1. The SMILES string of the molecule is O=C(Cc1ccccc1C(=O)O)NC1CCOC(c2ccccc2)C1. The molecule has 2 unspecified atom stereocenters. The molecule has 1 fully saturated rings. The topological polar surface area (TPSA) is 75.6 Å². The number of nitrogens with one attached hydrogen (secondary N) is 1. The maximum absolute atomic E-state index is 12.4. The van der Waals surface area contributed by atoms with Gasteiger partial charge in [-0.2, -0.15) is 0 Å². The van der Waals surface area contributed by atoms with Crippen molar-refractivity contribution in [3.63, 3.8) is 0 Å². The van der Waals surface area contributed by atoms with E-state index < -0.39 is 5.97 Å². The predicted molar refractivity (Wildman–Crippen MR) is 93.4 cm³/mol. The zero-order chi connectivity index (χ0) is 17.6. The average Bonchev–Trinajstić information content (AvgIpc) is 2.63. The number of rotatable bonds is 5. The van der Waals surface area contributed by atoms with Crippen molar-refractivity contribution < 1.29 is 19.4 Å². The van der Waals surface area contributed by atoms with Gasteiger partial charge >= 0.3 is 5.97 Å². The molecule has 25 heavy (non-hydrogen) atoms. The van der Waals surface area contributed by atoms with Gasteiger partial charge in [-0.3, -0.25) is 4.79 Å². The van der Waals surface area contributed by atoms with Crippen molar-refractivity contribution in [1.29, 1.82) is 0 Å². The highest BCUT2D eigenvalue weighted by atomic mass is 16.5. The fraction of sp³-hybridized carbons (Fsp3) is 0.300. The van der Waals surface area contributed by atoms with Crippen LogP contribution in [0.4, 0.5) is 0 Å². The van der Waals surface area contributed by atoms with Crippen molar-refractivity contribution in [2.24, 2.45) is 0 Å². The van der Waals surface area contributed by atoms with Gasteiger partial charge in [0.05, 0.1) is 18.1 Å². The highest BCUT2D eigenvalue weighted by Crippen LogP contribution is 2.28. The third-order valence-electron chi connectivity index (χ3n) is 4.42. The van der Waals surface area contributed by atoms with E-state index >= 15 is 0 Å². The Kier molecular flexibility index (Phi) is 5.46. The van der Waals surface area contributed by atoms with Gasteiger partial charge in [-0.1, -0.05) is 48.5 Å². The van der Waals surface area contributed by atoms with Gasteiger partial charge in [0.1, 0.15) is 0 Å². The number of ether oxygens (including phenoxy) is 1. The lowest BCUT2D eigenvalue weighted by atomic mass is 9.97. The molecule has 1 amide bonds. The Morgan fingerprint density at radius 3 is 2.56 bits per heavy atom. The zero-order valence-corrected chi connectivity index (χ0v) is 13.9. The van der Waals surface area contributed by atoms with Gasteiger partial charge in [-0.15, -0.1) is 0 Å². The minimum atomic E-state index is -1.02. The Morgan fingerprint density at radius 1 is 1.08 bits per heavy atom. The van der Waals surface area contributed by atoms with Crippen LogP contribution in [0.2, 0.25) is 0 Å².